The maximum Gasteiger partial charge on any atom is 0.451 e. The Morgan fingerprint density at radius 3 is 1.90 bits per heavy atom. The molecule has 2 aromatic rings. The molecule has 3 aliphatic heterocycles. The summed E-state index contributed by atoms with van der Waals surface area (Å²) in [5, 5.41) is 17.8. The van der Waals surface area contributed by atoms with Crippen LogP contribution in [-0.2, 0) is 0 Å². The van der Waals surface area contributed by atoms with Crippen LogP contribution in [0.2, 0.25) is 0 Å². The van der Waals surface area contributed by atoms with Gasteiger partial charge in [-0.1, -0.05) is 0 Å². The van der Waals surface area contributed by atoms with E-state index >= 15 is 0 Å². The van der Waals surface area contributed by atoms with E-state index in [1.807, 2.05) is 0 Å². The second-order valence-electron chi connectivity index (χ2n) is 7.99. The second kappa shape index (κ2) is 7.75. The normalized spacial score (nSPS) is 22.1. The lowest BCUT2D eigenvalue weighted by molar-refractivity contribution is -0.729. The highest BCUT2D eigenvalue weighted by atomic mass is 31.2. The summed E-state index contributed by atoms with van der Waals surface area (Å²) in [7, 11) is -2.26. The lowest BCUT2D eigenvalue weighted by atomic mass is 10.3. The minimum absolute atomic E-state index is 0.136. The third kappa shape index (κ3) is 3.28. The van der Waals surface area contributed by atoms with E-state index in [2.05, 4.69) is 24.3 Å². The molecular weight excluding hydrogens is 393 g/mol. The number of fused-ring (bicyclic) bond motifs is 1. The van der Waals surface area contributed by atoms with Gasteiger partial charge in [-0.05, 0) is 54.6 Å². The first-order valence-electron chi connectivity index (χ1n) is 10.6. The van der Waals surface area contributed by atoms with Crippen LogP contribution in [0.5, 0.6) is 0 Å². The predicted molar refractivity (Wildman–Crippen MR) is 109 cm³/mol. The van der Waals surface area contributed by atoms with E-state index in [-0.39, 0.29) is 10.6 Å². The number of hydrogen-bond donors (Lipinski definition) is 1. The van der Waals surface area contributed by atoms with Crippen molar-refractivity contribution in [2.24, 2.45) is 0 Å². The minimum atomic E-state index is -2.26. The van der Waals surface area contributed by atoms with Crippen molar-refractivity contribution in [1.29, 1.82) is 0 Å². The Balaban J connectivity index is 1.60. The van der Waals surface area contributed by atoms with E-state index in [1.54, 1.807) is 12.1 Å². The Hall–Kier alpha value is -1.87. The maximum absolute atomic E-state index is 11.4. The highest BCUT2D eigenvalue weighted by Gasteiger charge is 2.63. The Bertz CT molecular complexity index is 848. The Morgan fingerprint density at radius 1 is 0.897 bits per heavy atom. The van der Waals surface area contributed by atoms with E-state index in [4.69, 9.17) is 4.62 Å². The van der Waals surface area contributed by atoms with E-state index in [0.29, 0.717) is 11.0 Å². The summed E-state index contributed by atoms with van der Waals surface area (Å²) in [5.74, 6) is 0. The van der Waals surface area contributed by atoms with Crippen LogP contribution in [-0.4, -0.2) is 78.6 Å². The van der Waals surface area contributed by atoms with Crippen LogP contribution >= 0.6 is 7.94 Å². The number of aromatic nitrogens is 3. The van der Waals surface area contributed by atoms with Crippen molar-refractivity contribution in [2.75, 3.05) is 39.3 Å². The van der Waals surface area contributed by atoms with Crippen LogP contribution in [0.4, 0.5) is 5.69 Å². The number of nitrogens with zero attached hydrogens (tertiary/aromatic N) is 7. The topological polar surface area (TPSA) is 90.0 Å². The summed E-state index contributed by atoms with van der Waals surface area (Å²) in [4.78, 5) is 12.8. The lowest BCUT2D eigenvalue weighted by Crippen LogP contribution is -2.47. The molecule has 10 nitrogen and oxygen atoms in total. The van der Waals surface area contributed by atoms with E-state index in [1.165, 1.54) is 49.4 Å². The summed E-state index contributed by atoms with van der Waals surface area (Å²) < 4.78 is 14.5. The molecular formula is C18H28N7O3P+2. The average Bonchev–Trinajstić information content (AvgIpc) is 3.54. The molecule has 0 aliphatic carbocycles. The molecule has 3 saturated heterocycles. The van der Waals surface area contributed by atoms with Crippen LogP contribution in [0.3, 0.4) is 0 Å². The van der Waals surface area contributed by atoms with E-state index in [9.17, 15) is 10.1 Å². The number of hydrogen-bond acceptors (Lipinski definition) is 7. The Labute approximate surface area is 170 Å². The van der Waals surface area contributed by atoms with Gasteiger partial charge < -0.3 is 0 Å². The van der Waals surface area contributed by atoms with Crippen LogP contribution in [0, 0.1) is 4.91 Å². The van der Waals surface area contributed by atoms with Gasteiger partial charge in [0.25, 0.3) is 4.92 Å². The smallest absolute Gasteiger partial charge is 0.241 e. The molecule has 3 fully saturated rings. The fourth-order valence-electron chi connectivity index (χ4n) is 4.74. The first-order chi connectivity index (χ1) is 14.2. The van der Waals surface area contributed by atoms with Gasteiger partial charge in [0, 0.05) is 45.3 Å². The third-order valence-electron chi connectivity index (χ3n) is 6.16. The van der Waals surface area contributed by atoms with Crippen molar-refractivity contribution in [2.45, 2.75) is 38.5 Å². The Kier molecular flexibility index (Phi) is 5.11. The fourth-order valence-corrected chi connectivity index (χ4v) is 8.87. The summed E-state index contributed by atoms with van der Waals surface area (Å²) >= 11 is 0. The standard InChI is InChI=1S/C18H28N7O3P/c26-25(27)16-7-8-17-18(15-16)24(20-19-17)28-29(21-9-1-2-10-21,22-11-3-4-12-22)23-13-5-6-14-23/h7-8,15H,1-6,9-14H2,(H,26,27)/q+2. The highest BCUT2D eigenvalue weighted by molar-refractivity contribution is 7.64. The van der Waals surface area contributed by atoms with Crippen molar-refractivity contribution in [1.82, 2.24) is 29.2 Å². The zero-order valence-electron chi connectivity index (χ0n) is 16.6. The molecule has 1 N–H and O–H groups in total. The molecule has 1 aromatic carbocycles. The highest BCUT2D eigenvalue weighted by Crippen LogP contribution is 2.68. The third-order valence-corrected chi connectivity index (χ3v) is 9.94. The zero-order valence-corrected chi connectivity index (χ0v) is 17.5. The zero-order chi connectivity index (χ0) is 19.8. The SMILES string of the molecule is O=[N+](O)c1ccc2nnn(O[P+](N3CCCC3)(N3CCCC3)N3CCCC3)c2c1. The van der Waals surface area contributed by atoms with Crippen molar-refractivity contribution in [3.63, 3.8) is 0 Å². The van der Waals surface area contributed by atoms with Gasteiger partial charge in [0.2, 0.25) is 0 Å². The molecule has 4 heterocycles. The molecule has 0 amide bonds. The molecule has 0 saturated carbocycles. The molecule has 0 atom stereocenters. The molecule has 0 bridgehead atoms. The summed E-state index contributed by atoms with van der Waals surface area (Å²) in [6.45, 7) is 6.19. The van der Waals surface area contributed by atoms with Gasteiger partial charge in [0.05, 0.1) is 11.0 Å². The average molecular weight is 421 g/mol. The van der Waals surface area contributed by atoms with Crippen molar-refractivity contribution < 1.29 is 14.8 Å². The van der Waals surface area contributed by atoms with E-state index in [0.717, 1.165) is 39.3 Å². The summed E-state index contributed by atoms with van der Waals surface area (Å²) in [6, 6.07) is 4.79. The van der Waals surface area contributed by atoms with Gasteiger partial charge in [-0.15, -0.1) is 19.1 Å². The largest absolute Gasteiger partial charge is 0.451 e. The van der Waals surface area contributed by atoms with Crippen molar-refractivity contribution >= 4 is 24.7 Å². The minimum Gasteiger partial charge on any atom is -0.241 e. The Morgan fingerprint density at radius 2 is 1.41 bits per heavy atom. The van der Waals surface area contributed by atoms with Gasteiger partial charge in [0.1, 0.15) is 11.0 Å². The molecule has 0 spiro atoms. The van der Waals surface area contributed by atoms with Gasteiger partial charge >= 0.3 is 13.6 Å². The first-order valence-corrected chi connectivity index (χ1v) is 12.1. The molecule has 156 valence electrons. The van der Waals surface area contributed by atoms with Crippen molar-refractivity contribution in [3.05, 3.63) is 23.1 Å². The quantitative estimate of drug-likeness (QED) is 0.562. The van der Waals surface area contributed by atoms with Crippen LogP contribution in [0.1, 0.15) is 38.5 Å². The fraction of sp³-hybridized carbons (Fsp3) is 0.667. The van der Waals surface area contributed by atoms with E-state index < -0.39 is 7.94 Å². The second-order valence-corrected chi connectivity index (χ2v) is 10.9. The molecule has 11 heteroatoms. The van der Waals surface area contributed by atoms with Gasteiger partial charge in [-0.3, -0.25) is 0 Å². The number of rotatable bonds is 6. The van der Waals surface area contributed by atoms with Gasteiger partial charge in [-0.2, -0.15) is 4.62 Å². The van der Waals surface area contributed by atoms with Gasteiger partial charge in [-0.25, -0.2) is 5.21 Å². The molecule has 0 radical (unpaired) electrons. The summed E-state index contributed by atoms with van der Waals surface area (Å²) in [5.41, 5.74) is 1.37. The summed E-state index contributed by atoms with van der Waals surface area (Å²) in [6.07, 6.45) is 7.11. The number of benzene rings is 1. The molecule has 5 rings (SSSR count). The molecule has 3 aliphatic rings. The molecule has 29 heavy (non-hydrogen) atoms. The predicted octanol–water partition coefficient (Wildman–Crippen LogP) is 2.62. The van der Waals surface area contributed by atoms with Gasteiger partial charge in [0.15, 0.2) is 0 Å². The lowest BCUT2D eigenvalue weighted by Gasteiger charge is -2.39. The van der Waals surface area contributed by atoms with Crippen LogP contribution < -0.4 is 4.62 Å². The molecule has 0 unspecified atom stereocenters. The maximum atomic E-state index is 11.4. The molecule has 1 aromatic heterocycles. The monoisotopic (exact) mass is 421 g/mol. The first kappa shape index (κ1) is 19.1. The van der Waals surface area contributed by atoms with Crippen LogP contribution in [0.25, 0.3) is 11.0 Å². The van der Waals surface area contributed by atoms with Crippen LogP contribution in [0.15, 0.2) is 18.2 Å². The van der Waals surface area contributed by atoms with Crippen molar-refractivity contribution in [3.8, 4) is 0 Å².